The summed E-state index contributed by atoms with van der Waals surface area (Å²) in [7, 11) is 0. The van der Waals surface area contributed by atoms with Crippen LogP contribution in [0.15, 0.2) is 29.6 Å². The molecule has 0 atom stereocenters. The van der Waals surface area contributed by atoms with Crippen molar-refractivity contribution >= 4 is 23.2 Å². The quantitative estimate of drug-likeness (QED) is 0.928. The van der Waals surface area contributed by atoms with Crippen molar-refractivity contribution in [1.82, 2.24) is 15.2 Å². The number of piperidine rings is 1. The van der Waals surface area contributed by atoms with Crippen molar-refractivity contribution in [1.29, 1.82) is 0 Å². The number of nitrogens with one attached hydrogen (secondary N) is 1. The Morgan fingerprint density at radius 2 is 2.04 bits per heavy atom. The maximum absolute atomic E-state index is 12.3. The lowest BCUT2D eigenvalue weighted by Gasteiger charge is -2.26. The van der Waals surface area contributed by atoms with Gasteiger partial charge in [-0.1, -0.05) is 12.1 Å². The van der Waals surface area contributed by atoms with E-state index in [0.717, 1.165) is 42.2 Å². The van der Waals surface area contributed by atoms with Crippen LogP contribution in [0.25, 0.3) is 10.6 Å². The lowest BCUT2D eigenvalue weighted by molar-refractivity contribution is -0.130. The molecule has 0 saturated carbocycles. The van der Waals surface area contributed by atoms with Gasteiger partial charge in [-0.15, -0.1) is 11.3 Å². The molecule has 0 unspecified atom stereocenters. The number of thiazole rings is 1. The fourth-order valence-corrected chi connectivity index (χ4v) is 3.59. The van der Waals surface area contributed by atoms with Crippen molar-refractivity contribution < 1.29 is 9.59 Å². The van der Waals surface area contributed by atoms with Crippen LogP contribution in [0, 0.1) is 6.92 Å². The van der Waals surface area contributed by atoms with E-state index in [1.807, 2.05) is 35.4 Å². The zero-order chi connectivity index (χ0) is 16.9. The first kappa shape index (κ1) is 16.6. The third-order valence-corrected chi connectivity index (χ3v) is 5.11. The molecule has 1 fully saturated rings. The van der Waals surface area contributed by atoms with Crippen LogP contribution in [0.2, 0.25) is 0 Å². The second-order valence-corrected chi connectivity index (χ2v) is 6.86. The number of hydrogen-bond donors (Lipinski definition) is 1. The molecular weight excluding hydrogens is 322 g/mol. The molecular formula is C18H21N3O2S. The summed E-state index contributed by atoms with van der Waals surface area (Å²) < 4.78 is 0. The standard InChI is InChI=1S/C18H21N3O2S/c1-13-12-24-18(20-13)15-7-5-6-14(10-15)17(23)19-11-16(22)21-8-3-2-4-9-21/h5-7,10,12H,2-4,8-9,11H2,1H3,(H,19,23). The molecule has 1 aromatic carbocycles. The van der Waals surface area contributed by atoms with Crippen LogP contribution in [0.1, 0.15) is 35.3 Å². The van der Waals surface area contributed by atoms with E-state index in [2.05, 4.69) is 10.3 Å². The molecule has 24 heavy (non-hydrogen) atoms. The van der Waals surface area contributed by atoms with E-state index in [4.69, 9.17) is 0 Å². The Bertz CT molecular complexity index is 735. The molecule has 6 heteroatoms. The number of aromatic nitrogens is 1. The molecule has 0 bridgehead atoms. The highest BCUT2D eigenvalue weighted by molar-refractivity contribution is 7.13. The van der Waals surface area contributed by atoms with Gasteiger partial charge in [-0.05, 0) is 38.3 Å². The van der Waals surface area contributed by atoms with Gasteiger partial charge in [-0.3, -0.25) is 9.59 Å². The first-order valence-electron chi connectivity index (χ1n) is 8.22. The summed E-state index contributed by atoms with van der Waals surface area (Å²) in [6, 6.07) is 7.35. The smallest absolute Gasteiger partial charge is 0.251 e. The van der Waals surface area contributed by atoms with Crippen molar-refractivity contribution in [2.75, 3.05) is 19.6 Å². The van der Waals surface area contributed by atoms with Crippen LogP contribution in [-0.2, 0) is 4.79 Å². The molecule has 2 aromatic rings. The molecule has 2 heterocycles. The monoisotopic (exact) mass is 343 g/mol. The Balaban J connectivity index is 1.61. The maximum atomic E-state index is 12.3. The Morgan fingerprint density at radius 3 is 2.75 bits per heavy atom. The molecule has 0 aliphatic carbocycles. The molecule has 126 valence electrons. The van der Waals surface area contributed by atoms with E-state index in [0.29, 0.717) is 5.56 Å². The first-order valence-corrected chi connectivity index (χ1v) is 9.10. The topological polar surface area (TPSA) is 62.3 Å². The second-order valence-electron chi connectivity index (χ2n) is 6.00. The second kappa shape index (κ2) is 7.57. The van der Waals surface area contributed by atoms with Crippen molar-refractivity contribution in [2.24, 2.45) is 0 Å². The summed E-state index contributed by atoms with van der Waals surface area (Å²) in [5, 5.41) is 5.61. The average molecular weight is 343 g/mol. The normalized spacial score (nSPS) is 14.5. The first-order chi connectivity index (χ1) is 11.6. The van der Waals surface area contributed by atoms with E-state index >= 15 is 0 Å². The third kappa shape index (κ3) is 4.00. The fraction of sp³-hybridized carbons (Fsp3) is 0.389. The van der Waals surface area contributed by atoms with Gasteiger partial charge in [0.1, 0.15) is 5.01 Å². The van der Waals surface area contributed by atoms with Crippen molar-refractivity contribution in [3.8, 4) is 10.6 Å². The fourth-order valence-electron chi connectivity index (χ4n) is 2.79. The van der Waals surface area contributed by atoms with Crippen LogP contribution >= 0.6 is 11.3 Å². The van der Waals surface area contributed by atoms with Crippen molar-refractivity contribution in [3.05, 3.63) is 40.9 Å². The zero-order valence-corrected chi connectivity index (χ0v) is 14.6. The summed E-state index contributed by atoms with van der Waals surface area (Å²) in [5.74, 6) is -0.231. The van der Waals surface area contributed by atoms with E-state index in [-0.39, 0.29) is 18.4 Å². The number of benzene rings is 1. The summed E-state index contributed by atoms with van der Waals surface area (Å²) in [4.78, 5) is 30.7. The van der Waals surface area contributed by atoms with Gasteiger partial charge in [0, 0.05) is 35.3 Å². The molecule has 1 saturated heterocycles. The van der Waals surface area contributed by atoms with Crippen LogP contribution in [0.3, 0.4) is 0 Å². The Kier molecular flexibility index (Phi) is 5.25. The average Bonchev–Trinajstić information content (AvgIpc) is 3.06. The minimum absolute atomic E-state index is 0.00486. The SMILES string of the molecule is Cc1csc(-c2cccc(C(=O)NCC(=O)N3CCCCC3)c2)n1. The summed E-state index contributed by atoms with van der Waals surface area (Å²) in [5.41, 5.74) is 2.44. The van der Waals surface area contributed by atoms with Gasteiger partial charge in [0.2, 0.25) is 5.91 Å². The molecule has 1 N–H and O–H groups in total. The predicted molar refractivity (Wildman–Crippen MR) is 95.1 cm³/mol. The summed E-state index contributed by atoms with van der Waals surface area (Å²) in [6.45, 7) is 3.60. The number of hydrogen-bond acceptors (Lipinski definition) is 4. The number of nitrogens with zero attached hydrogens (tertiary/aromatic N) is 2. The van der Waals surface area contributed by atoms with Gasteiger partial charge in [-0.25, -0.2) is 4.98 Å². The summed E-state index contributed by atoms with van der Waals surface area (Å²) >= 11 is 1.56. The van der Waals surface area contributed by atoms with Gasteiger partial charge in [0.05, 0.1) is 6.54 Å². The molecule has 2 amide bonds. The highest BCUT2D eigenvalue weighted by Crippen LogP contribution is 2.24. The van der Waals surface area contributed by atoms with Gasteiger partial charge in [0.25, 0.3) is 5.91 Å². The highest BCUT2D eigenvalue weighted by atomic mass is 32.1. The largest absolute Gasteiger partial charge is 0.343 e. The number of carbonyl (C=O) groups excluding carboxylic acids is 2. The van der Waals surface area contributed by atoms with Crippen LogP contribution in [-0.4, -0.2) is 41.3 Å². The van der Waals surface area contributed by atoms with Crippen LogP contribution in [0.4, 0.5) is 0 Å². The van der Waals surface area contributed by atoms with Crippen LogP contribution in [0.5, 0.6) is 0 Å². The van der Waals surface area contributed by atoms with Gasteiger partial charge in [-0.2, -0.15) is 0 Å². The molecule has 5 nitrogen and oxygen atoms in total. The molecule has 1 aliphatic rings. The van der Waals surface area contributed by atoms with E-state index < -0.39 is 0 Å². The molecule has 0 radical (unpaired) electrons. The van der Waals surface area contributed by atoms with Crippen LogP contribution < -0.4 is 5.32 Å². The van der Waals surface area contributed by atoms with E-state index in [9.17, 15) is 9.59 Å². The minimum atomic E-state index is -0.226. The lowest BCUT2D eigenvalue weighted by atomic mass is 10.1. The molecule has 1 aromatic heterocycles. The number of likely N-dealkylation sites (tertiary alicyclic amines) is 1. The molecule has 3 rings (SSSR count). The zero-order valence-electron chi connectivity index (χ0n) is 13.7. The maximum Gasteiger partial charge on any atom is 0.251 e. The Morgan fingerprint density at radius 1 is 1.25 bits per heavy atom. The van der Waals surface area contributed by atoms with Crippen molar-refractivity contribution in [3.63, 3.8) is 0 Å². The lowest BCUT2D eigenvalue weighted by Crippen LogP contribution is -2.42. The summed E-state index contributed by atoms with van der Waals surface area (Å²) in [6.07, 6.45) is 3.28. The number of amides is 2. The highest BCUT2D eigenvalue weighted by Gasteiger charge is 2.17. The number of aryl methyl sites for hydroxylation is 1. The minimum Gasteiger partial charge on any atom is -0.343 e. The van der Waals surface area contributed by atoms with Gasteiger partial charge in [0.15, 0.2) is 0 Å². The third-order valence-electron chi connectivity index (χ3n) is 4.10. The Labute approximate surface area is 145 Å². The molecule has 0 spiro atoms. The number of rotatable bonds is 4. The Hall–Kier alpha value is -2.21. The molecule has 1 aliphatic heterocycles. The van der Waals surface area contributed by atoms with Gasteiger partial charge >= 0.3 is 0 Å². The van der Waals surface area contributed by atoms with Gasteiger partial charge < -0.3 is 10.2 Å². The number of carbonyl (C=O) groups is 2. The van der Waals surface area contributed by atoms with Crippen molar-refractivity contribution in [2.45, 2.75) is 26.2 Å². The predicted octanol–water partition coefficient (Wildman–Crippen LogP) is 2.86. The van der Waals surface area contributed by atoms with E-state index in [1.54, 1.807) is 17.4 Å². The van der Waals surface area contributed by atoms with E-state index in [1.165, 1.54) is 6.42 Å².